The number of hydrogen-bond donors (Lipinski definition) is 1. The van der Waals surface area contributed by atoms with Crippen molar-refractivity contribution in [3.05, 3.63) is 34.3 Å². The van der Waals surface area contributed by atoms with Gasteiger partial charge in [0, 0.05) is 11.0 Å². The van der Waals surface area contributed by atoms with Crippen LogP contribution in [0.1, 0.15) is 31.2 Å². The van der Waals surface area contributed by atoms with Gasteiger partial charge in [-0.3, -0.25) is 0 Å². The minimum Gasteiger partial charge on any atom is -0.444 e. The van der Waals surface area contributed by atoms with Crippen LogP contribution in [0.15, 0.2) is 28.7 Å². The highest BCUT2D eigenvalue weighted by atomic mass is 79.9. The van der Waals surface area contributed by atoms with Gasteiger partial charge in [-0.2, -0.15) is 0 Å². The molecule has 0 bridgehead atoms. The van der Waals surface area contributed by atoms with Crippen molar-refractivity contribution in [2.45, 2.75) is 31.2 Å². The third kappa shape index (κ3) is 5.40. The van der Waals surface area contributed by atoms with E-state index in [-0.39, 0.29) is 4.83 Å². The molecule has 1 atom stereocenters. The second-order valence-corrected chi connectivity index (χ2v) is 6.83. The second kappa shape index (κ2) is 6.57. The smallest absolute Gasteiger partial charge is 0.407 e. The molecule has 0 spiro atoms. The Morgan fingerprint density at radius 1 is 1.39 bits per heavy atom. The van der Waals surface area contributed by atoms with E-state index >= 15 is 0 Å². The van der Waals surface area contributed by atoms with Crippen molar-refractivity contribution in [2.24, 2.45) is 0 Å². The van der Waals surface area contributed by atoms with Gasteiger partial charge in [-0.05, 0) is 32.4 Å². The summed E-state index contributed by atoms with van der Waals surface area (Å²) < 4.78 is 6.18. The van der Waals surface area contributed by atoms with Gasteiger partial charge in [0.2, 0.25) is 0 Å². The minimum absolute atomic E-state index is 0.0422. The van der Waals surface area contributed by atoms with E-state index in [1.807, 2.05) is 45.0 Å². The highest BCUT2D eigenvalue weighted by Gasteiger charge is 2.17. The number of ether oxygens (including phenoxy) is 1. The molecule has 0 saturated carbocycles. The zero-order valence-electron chi connectivity index (χ0n) is 10.7. The Kier molecular flexibility index (Phi) is 5.66. The fraction of sp³-hybridized carbons (Fsp3) is 0.462. The first-order valence-corrected chi connectivity index (χ1v) is 7.36. The molecule has 0 fully saturated rings. The molecule has 0 radical (unpaired) electrons. The predicted octanol–water partition coefficient (Wildman–Crippen LogP) is 4.41. The summed E-state index contributed by atoms with van der Waals surface area (Å²) >= 11 is 7.02. The highest BCUT2D eigenvalue weighted by molar-refractivity contribution is 9.11. The Bertz CT molecular complexity index is 416. The molecule has 18 heavy (non-hydrogen) atoms. The van der Waals surface area contributed by atoms with E-state index in [0.717, 1.165) is 10.0 Å². The molecule has 0 heterocycles. The topological polar surface area (TPSA) is 38.3 Å². The van der Waals surface area contributed by atoms with E-state index in [2.05, 4.69) is 37.2 Å². The van der Waals surface area contributed by atoms with E-state index in [1.54, 1.807) is 0 Å². The van der Waals surface area contributed by atoms with Crippen molar-refractivity contribution in [1.82, 2.24) is 5.32 Å². The lowest BCUT2D eigenvalue weighted by Crippen LogP contribution is -2.34. The van der Waals surface area contributed by atoms with Crippen LogP contribution in [0.4, 0.5) is 4.79 Å². The maximum Gasteiger partial charge on any atom is 0.407 e. The Hall–Kier alpha value is -0.550. The molecule has 3 nitrogen and oxygen atoms in total. The number of amides is 1. The van der Waals surface area contributed by atoms with Gasteiger partial charge in [-0.25, -0.2) is 4.79 Å². The van der Waals surface area contributed by atoms with Gasteiger partial charge in [-0.1, -0.05) is 50.1 Å². The van der Waals surface area contributed by atoms with E-state index in [4.69, 9.17) is 4.74 Å². The lowest BCUT2D eigenvalue weighted by atomic mass is 10.1. The summed E-state index contributed by atoms with van der Waals surface area (Å²) in [6.45, 7) is 5.99. The maximum atomic E-state index is 11.5. The van der Waals surface area contributed by atoms with Gasteiger partial charge >= 0.3 is 6.09 Å². The number of alkyl carbamates (subject to hydrolysis) is 1. The number of nitrogens with one attached hydrogen (secondary N) is 1. The van der Waals surface area contributed by atoms with E-state index < -0.39 is 11.7 Å². The highest BCUT2D eigenvalue weighted by Crippen LogP contribution is 2.28. The minimum atomic E-state index is -0.473. The SMILES string of the molecule is CC(C)(C)OC(=O)NCC(Br)c1ccccc1Br. The number of alkyl halides is 1. The molecule has 1 aromatic rings. The molecule has 5 heteroatoms. The average Bonchev–Trinajstić information content (AvgIpc) is 2.24. The zero-order valence-corrected chi connectivity index (χ0v) is 13.8. The molecule has 1 rings (SSSR count). The van der Waals surface area contributed by atoms with Crippen LogP contribution in [0.2, 0.25) is 0 Å². The molecule has 0 saturated heterocycles. The van der Waals surface area contributed by atoms with Crippen molar-refractivity contribution in [3.8, 4) is 0 Å². The van der Waals surface area contributed by atoms with Gasteiger partial charge in [0.15, 0.2) is 0 Å². The molecule has 0 aliphatic carbocycles. The van der Waals surface area contributed by atoms with E-state index in [9.17, 15) is 4.79 Å². The second-order valence-electron chi connectivity index (χ2n) is 4.87. The molecule has 1 aromatic carbocycles. The summed E-state index contributed by atoms with van der Waals surface area (Å²) in [5, 5.41) is 2.74. The number of carbonyl (C=O) groups is 1. The van der Waals surface area contributed by atoms with Gasteiger partial charge in [0.1, 0.15) is 5.60 Å². The number of halogens is 2. The summed E-state index contributed by atoms with van der Waals surface area (Å²) in [6, 6.07) is 7.88. The lowest BCUT2D eigenvalue weighted by molar-refractivity contribution is 0.0528. The third-order valence-corrected chi connectivity index (χ3v) is 3.61. The molecule has 0 aromatic heterocycles. The van der Waals surface area contributed by atoms with Crippen LogP contribution in [0.25, 0.3) is 0 Å². The van der Waals surface area contributed by atoms with Crippen LogP contribution in [-0.2, 0) is 4.74 Å². The first-order valence-electron chi connectivity index (χ1n) is 5.65. The van der Waals surface area contributed by atoms with Gasteiger partial charge in [0.25, 0.3) is 0 Å². The van der Waals surface area contributed by atoms with Gasteiger partial charge < -0.3 is 10.1 Å². The molecule has 1 amide bonds. The summed E-state index contributed by atoms with van der Waals surface area (Å²) in [6.07, 6.45) is -0.404. The van der Waals surface area contributed by atoms with Crippen molar-refractivity contribution in [2.75, 3.05) is 6.54 Å². The monoisotopic (exact) mass is 377 g/mol. The molecule has 100 valence electrons. The fourth-order valence-corrected chi connectivity index (χ4v) is 2.76. The Balaban J connectivity index is 2.49. The Labute approximate surface area is 125 Å². The first kappa shape index (κ1) is 15.5. The quantitative estimate of drug-likeness (QED) is 0.791. The van der Waals surface area contributed by atoms with E-state index in [1.165, 1.54) is 0 Å². The standard InChI is InChI=1S/C13H17Br2NO2/c1-13(2,3)18-12(17)16-8-11(15)9-6-4-5-7-10(9)14/h4-7,11H,8H2,1-3H3,(H,16,17). The molecule has 1 N–H and O–H groups in total. The summed E-state index contributed by atoms with van der Waals surface area (Å²) in [5.41, 5.74) is 0.618. The van der Waals surface area contributed by atoms with Crippen molar-refractivity contribution < 1.29 is 9.53 Å². The number of rotatable bonds is 3. The zero-order chi connectivity index (χ0) is 13.8. The Morgan fingerprint density at radius 3 is 2.56 bits per heavy atom. The van der Waals surface area contributed by atoms with E-state index in [0.29, 0.717) is 6.54 Å². The van der Waals surface area contributed by atoms with Gasteiger partial charge in [0.05, 0.1) is 4.83 Å². The molecule has 0 aliphatic heterocycles. The van der Waals surface area contributed by atoms with Crippen molar-refractivity contribution >= 4 is 38.0 Å². The first-order chi connectivity index (χ1) is 8.29. The predicted molar refractivity (Wildman–Crippen MR) is 80.0 cm³/mol. The number of hydrogen-bond acceptors (Lipinski definition) is 2. The fourth-order valence-electron chi connectivity index (χ4n) is 1.33. The molecular weight excluding hydrogens is 362 g/mol. The van der Waals surface area contributed by atoms with Crippen LogP contribution in [-0.4, -0.2) is 18.2 Å². The van der Waals surface area contributed by atoms with Crippen LogP contribution in [0, 0.1) is 0 Å². The lowest BCUT2D eigenvalue weighted by Gasteiger charge is -2.20. The molecule has 1 unspecified atom stereocenters. The molecule has 0 aliphatic rings. The maximum absolute atomic E-state index is 11.5. The van der Waals surface area contributed by atoms with Crippen LogP contribution in [0.3, 0.4) is 0 Å². The number of carbonyl (C=O) groups excluding carboxylic acids is 1. The average molecular weight is 379 g/mol. The summed E-state index contributed by atoms with van der Waals surface area (Å²) in [4.78, 5) is 11.6. The summed E-state index contributed by atoms with van der Waals surface area (Å²) in [5.74, 6) is 0. The van der Waals surface area contributed by atoms with Crippen molar-refractivity contribution in [3.63, 3.8) is 0 Å². The third-order valence-electron chi connectivity index (χ3n) is 2.07. The number of benzene rings is 1. The molecular formula is C13H17Br2NO2. The largest absolute Gasteiger partial charge is 0.444 e. The van der Waals surface area contributed by atoms with Crippen LogP contribution >= 0.6 is 31.9 Å². The summed E-state index contributed by atoms with van der Waals surface area (Å²) in [7, 11) is 0. The Morgan fingerprint density at radius 2 is 2.00 bits per heavy atom. The normalized spacial score (nSPS) is 12.9. The van der Waals surface area contributed by atoms with Crippen LogP contribution in [0.5, 0.6) is 0 Å². The van der Waals surface area contributed by atoms with Gasteiger partial charge in [-0.15, -0.1) is 0 Å². The van der Waals surface area contributed by atoms with Crippen LogP contribution < -0.4 is 5.32 Å². The van der Waals surface area contributed by atoms with Crippen molar-refractivity contribution in [1.29, 1.82) is 0 Å².